The molecule has 2 rings (SSSR count). The van der Waals surface area contributed by atoms with E-state index >= 15 is 0 Å². The van der Waals surface area contributed by atoms with Crippen molar-refractivity contribution < 1.29 is 5.11 Å². The van der Waals surface area contributed by atoms with Crippen molar-refractivity contribution in [3.05, 3.63) is 53.3 Å². The molecule has 0 atom stereocenters. The molecule has 0 aliphatic heterocycles. The molecule has 0 aliphatic carbocycles. The molecule has 3 nitrogen and oxygen atoms in total. The van der Waals surface area contributed by atoms with E-state index in [1.54, 1.807) is 18.0 Å². The summed E-state index contributed by atoms with van der Waals surface area (Å²) in [6.45, 7) is 3.38. The Bertz CT molecular complexity index is 543. The maximum atomic E-state index is 10.1. The minimum Gasteiger partial charge on any atom is -0.506 e. The first-order chi connectivity index (χ1) is 9.20. The van der Waals surface area contributed by atoms with E-state index < -0.39 is 0 Å². The van der Waals surface area contributed by atoms with Gasteiger partial charge in [0.1, 0.15) is 5.75 Å². The lowest BCUT2D eigenvalue weighted by molar-refractivity contribution is 0.451. The number of benzene rings is 1. The summed E-state index contributed by atoms with van der Waals surface area (Å²) in [5.41, 5.74) is 3.09. The Morgan fingerprint density at radius 3 is 2.79 bits per heavy atom. The first kappa shape index (κ1) is 13.9. The monoisotopic (exact) mass is 274 g/mol. The second kappa shape index (κ2) is 6.59. The highest BCUT2D eigenvalue weighted by molar-refractivity contribution is 7.98. The third-order valence-electron chi connectivity index (χ3n) is 2.87. The normalized spacial score (nSPS) is 10.6. The number of rotatable bonds is 5. The number of nitrogens with one attached hydrogen (secondary N) is 1. The lowest BCUT2D eigenvalue weighted by Crippen LogP contribution is -2.13. The first-order valence-electron chi connectivity index (χ1n) is 6.18. The maximum absolute atomic E-state index is 10.1. The molecule has 1 heterocycles. The third-order valence-corrected chi connectivity index (χ3v) is 3.62. The van der Waals surface area contributed by atoms with Gasteiger partial charge in [0.2, 0.25) is 0 Å². The minimum absolute atomic E-state index is 0.381. The van der Waals surface area contributed by atoms with Crippen LogP contribution in [0.1, 0.15) is 16.8 Å². The average Bonchev–Trinajstić information content (AvgIpc) is 2.43. The Hall–Kier alpha value is -1.52. The summed E-state index contributed by atoms with van der Waals surface area (Å²) in [6.07, 6.45) is 3.76. The highest BCUT2D eigenvalue weighted by Gasteiger charge is 2.07. The topological polar surface area (TPSA) is 45.2 Å². The van der Waals surface area contributed by atoms with Crippen LogP contribution in [0.25, 0.3) is 0 Å². The van der Waals surface area contributed by atoms with Gasteiger partial charge < -0.3 is 10.4 Å². The summed E-state index contributed by atoms with van der Waals surface area (Å²) < 4.78 is 0. The fraction of sp³-hybridized carbons (Fsp3) is 0.267. The Balaban J connectivity index is 2.02. The van der Waals surface area contributed by atoms with Gasteiger partial charge in [0.25, 0.3) is 0 Å². The van der Waals surface area contributed by atoms with E-state index in [-0.39, 0.29) is 0 Å². The molecule has 0 radical (unpaired) electrons. The number of thioether (sulfide) groups is 1. The van der Waals surface area contributed by atoms with Gasteiger partial charge in [0, 0.05) is 29.7 Å². The highest BCUT2D eigenvalue weighted by Crippen LogP contribution is 2.31. The zero-order chi connectivity index (χ0) is 13.7. The molecular formula is C15H18N2OS. The Labute approximate surface area is 118 Å². The predicted molar refractivity (Wildman–Crippen MR) is 79.4 cm³/mol. The number of phenolic OH excluding ortho intramolecular Hbond substituents is 1. The molecule has 0 saturated heterocycles. The number of pyridine rings is 1. The molecule has 2 N–H and O–H groups in total. The number of hydrogen-bond acceptors (Lipinski definition) is 4. The predicted octanol–water partition coefficient (Wildman–Crippen LogP) is 3.11. The van der Waals surface area contributed by atoms with Crippen LogP contribution >= 0.6 is 11.8 Å². The standard InChI is InChI=1S/C15H18N2OS/c1-11-7-12(15(18)14(8-11)19-2)9-16-10-13-5-3-4-6-17-13/h3-8,16,18H,9-10H2,1-2H3. The second-order valence-electron chi connectivity index (χ2n) is 4.40. The van der Waals surface area contributed by atoms with Gasteiger partial charge in [-0.15, -0.1) is 11.8 Å². The van der Waals surface area contributed by atoms with Crippen LogP contribution in [-0.4, -0.2) is 16.3 Å². The van der Waals surface area contributed by atoms with Crippen LogP contribution in [0.2, 0.25) is 0 Å². The fourth-order valence-corrected chi connectivity index (χ4v) is 2.56. The van der Waals surface area contributed by atoms with E-state index in [4.69, 9.17) is 0 Å². The number of aromatic nitrogens is 1. The molecule has 100 valence electrons. The van der Waals surface area contributed by atoms with E-state index in [0.29, 0.717) is 18.8 Å². The number of hydrogen-bond donors (Lipinski definition) is 2. The second-order valence-corrected chi connectivity index (χ2v) is 5.25. The first-order valence-corrected chi connectivity index (χ1v) is 7.40. The molecule has 0 fully saturated rings. The SMILES string of the molecule is CSc1cc(C)cc(CNCc2ccccn2)c1O. The van der Waals surface area contributed by atoms with Gasteiger partial charge in [-0.2, -0.15) is 0 Å². The van der Waals surface area contributed by atoms with E-state index in [0.717, 1.165) is 21.7 Å². The van der Waals surface area contributed by atoms with Crippen LogP contribution in [0, 0.1) is 6.92 Å². The van der Waals surface area contributed by atoms with E-state index in [2.05, 4.69) is 10.3 Å². The van der Waals surface area contributed by atoms with Crippen molar-refractivity contribution in [1.82, 2.24) is 10.3 Å². The summed E-state index contributed by atoms with van der Waals surface area (Å²) in [5.74, 6) is 0.381. The molecule has 0 unspecified atom stereocenters. The van der Waals surface area contributed by atoms with Crippen molar-refractivity contribution in [3.63, 3.8) is 0 Å². The summed E-state index contributed by atoms with van der Waals surface area (Å²) in [7, 11) is 0. The maximum Gasteiger partial charge on any atom is 0.133 e. The summed E-state index contributed by atoms with van der Waals surface area (Å²) in [4.78, 5) is 5.18. The molecule has 0 amide bonds. The molecule has 1 aromatic carbocycles. The molecule has 0 bridgehead atoms. The Morgan fingerprint density at radius 1 is 1.26 bits per heavy atom. The van der Waals surface area contributed by atoms with Crippen LogP contribution in [-0.2, 0) is 13.1 Å². The van der Waals surface area contributed by atoms with E-state index in [1.807, 2.05) is 43.5 Å². The third kappa shape index (κ3) is 3.72. The average molecular weight is 274 g/mol. The van der Waals surface area contributed by atoms with Crippen molar-refractivity contribution in [2.24, 2.45) is 0 Å². The fourth-order valence-electron chi connectivity index (χ4n) is 1.94. The smallest absolute Gasteiger partial charge is 0.133 e. The molecule has 0 aliphatic rings. The quantitative estimate of drug-likeness (QED) is 0.822. The number of phenols is 1. The van der Waals surface area contributed by atoms with Crippen molar-refractivity contribution >= 4 is 11.8 Å². The van der Waals surface area contributed by atoms with E-state index in [9.17, 15) is 5.11 Å². The highest BCUT2D eigenvalue weighted by atomic mass is 32.2. The molecule has 0 spiro atoms. The van der Waals surface area contributed by atoms with Gasteiger partial charge in [0.15, 0.2) is 0 Å². The van der Waals surface area contributed by atoms with Gasteiger partial charge in [-0.05, 0) is 36.9 Å². The van der Waals surface area contributed by atoms with Gasteiger partial charge in [-0.25, -0.2) is 0 Å². The number of aromatic hydroxyl groups is 1. The molecule has 19 heavy (non-hydrogen) atoms. The van der Waals surface area contributed by atoms with Gasteiger partial charge in [0.05, 0.1) is 5.69 Å². The summed E-state index contributed by atoms with van der Waals surface area (Å²) in [5, 5.41) is 13.4. The molecule has 0 saturated carbocycles. The van der Waals surface area contributed by atoms with E-state index in [1.165, 1.54) is 0 Å². The Kier molecular flexibility index (Phi) is 4.82. The van der Waals surface area contributed by atoms with Crippen LogP contribution in [0.3, 0.4) is 0 Å². The molecular weight excluding hydrogens is 256 g/mol. The zero-order valence-electron chi connectivity index (χ0n) is 11.2. The summed E-state index contributed by atoms with van der Waals surface area (Å²) >= 11 is 1.56. The lowest BCUT2D eigenvalue weighted by atomic mass is 10.1. The van der Waals surface area contributed by atoms with Crippen molar-refractivity contribution in [3.8, 4) is 5.75 Å². The van der Waals surface area contributed by atoms with Crippen LogP contribution in [0.15, 0.2) is 41.4 Å². The molecule has 1 aromatic heterocycles. The van der Waals surface area contributed by atoms with Gasteiger partial charge in [-0.3, -0.25) is 4.98 Å². The van der Waals surface area contributed by atoms with Crippen LogP contribution in [0.5, 0.6) is 5.75 Å². The number of nitrogens with zero attached hydrogens (tertiary/aromatic N) is 1. The Morgan fingerprint density at radius 2 is 2.11 bits per heavy atom. The molecule has 4 heteroatoms. The largest absolute Gasteiger partial charge is 0.506 e. The van der Waals surface area contributed by atoms with Crippen LogP contribution < -0.4 is 5.32 Å². The van der Waals surface area contributed by atoms with Crippen molar-refractivity contribution in [2.45, 2.75) is 24.9 Å². The van der Waals surface area contributed by atoms with Crippen molar-refractivity contribution in [1.29, 1.82) is 0 Å². The van der Waals surface area contributed by atoms with Crippen molar-refractivity contribution in [2.75, 3.05) is 6.26 Å². The van der Waals surface area contributed by atoms with Gasteiger partial charge in [-0.1, -0.05) is 12.1 Å². The lowest BCUT2D eigenvalue weighted by Gasteiger charge is -2.11. The van der Waals surface area contributed by atoms with Gasteiger partial charge >= 0.3 is 0 Å². The molecule has 2 aromatic rings. The minimum atomic E-state index is 0.381. The number of aryl methyl sites for hydroxylation is 1. The van der Waals surface area contributed by atoms with Crippen LogP contribution in [0.4, 0.5) is 0 Å². The zero-order valence-corrected chi connectivity index (χ0v) is 12.0. The summed E-state index contributed by atoms with van der Waals surface area (Å²) in [6, 6.07) is 9.87.